The van der Waals surface area contributed by atoms with Gasteiger partial charge in [-0.3, -0.25) is 4.79 Å². The van der Waals surface area contributed by atoms with Crippen LogP contribution in [0.1, 0.15) is 31.7 Å². The summed E-state index contributed by atoms with van der Waals surface area (Å²) >= 11 is 0. The molecule has 2 aliphatic heterocycles. The summed E-state index contributed by atoms with van der Waals surface area (Å²) in [4.78, 5) is 24.4. The smallest absolute Gasteiger partial charge is 0.316 e. The molecule has 0 aliphatic carbocycles. The van der Waals surface area contributed by atoms with Crippen molar-refractivity contribution in [2.45, 2.75) is 38.7 Å². The van der Waals surface area contributed by atoms with Crippen LogP contribution in [0.25, 0.3) is 0 Å². The molecule has 0 aromatic carbocycles. The van der Waals surface area contributed by atoms with E-state index in [-0.39, 0.29) is 12.0 Å². The van der Waals surface area contributed by atoms with Crippen molar-refractivity contribution >= 4 is 5.91 Å². The molecule has 0 N–H and O–H groups in total. The molecule has 126 valence electrons. The van der Waals surface area contributed by atoms with Gasteiger partial charge in [-0.05, 0) is 30.7 Å². The Balaban J connectivity index is 1.42. The minimum absolute atomic E-state index is 0.201. The number of hydrogen-bond acceptors (Lipinski definition) is 5. The molecule has 0 bridgehead atoms. The number of rotatable bonds is 5. The Labute approximate surface area is 137 Å². The van der Waals surface area contributed by atoms with E-state index in [0.29, 0.717) is 18.3 Å². The molecule has 1 aromatic rings. The molecule has 0 saturated carbocycles. The molecule has 1 unspecified atom stereocenters. The summed E-state index contributed by atoms with van der Waals surface area (Å²) in [7, 11) is 1.90. The lowest BCUT2D eigenvalue weighted by atomic mass is 10.0. The topological polar surface area (TPSA) is 58.6 Å². The largest absolute Gasteiger partial charge is 0.460 e. The van der Waals surface area contributed by atoms with Gasteiger partial charge < -0.3 is 14.5 Å². The first kappa shape index (κ1) is 16.2. The Hall–Kier alpha value is -1.69. The monoisotopic (exact) mass is 318 g/mol. The van der Waals surface area contributed by atoms with Crippen LogP contribution < -0.4 is 4.74 Å². The highest BCUT2D eigenvalue weighted by Crippen LogP contribution is 2.21. The molecule has 6 nitrogen and oxygen atoms in total. The molecule has 0 spiro atoms. The number of piperidine rings is 1. The fourth-order valence-corrected chi connectivity index (χ4v) is 3.39. The predicted octanol–water partition coefficient (Wildman–Crippen LogP) is 1.36. The Morgan fingerprint density at radius 3 is 2.52 bits per heavy atom. The van der Waals surface area contributed by atoms with Crippen molar-refractivity contribution in [2.24, 2.45) is 5.92 Å². The van der Waals surface area contributed by atoms with Crippen LogP contribution in [0, 0.1) is 5.92 Å². The lowest BCUT2D eigenvalue weighted by molar-refractivity contribution is -0.126. The highest BCUT2D eigenvalue weighted by molar-refractivity contribution is 5.78. The molecule has 2 saturated heterocycles. The number of likely N-dealkylation sites (tertiary alicyclic amines) is 2. The SMILES string of the molecule is CCc1cnc(OC2CCN(CC3CC(=O)N(C)C3)CC2)nc1. The van der Waals surface area contributed by atoms with Crippen molar-refractivity contribution in [1.82, 2.24) is 19.8 Å². The van der Waals surface area contributed by atoms with Crippen molar-refractivity contribution < 1.29 is 9.53 Å². The fraction of sp³-hybridized carbons (Fsp3) is 0.706. The summed E-state index contributed by atoms with van der Waals surface area (Å²) in [5.74, 6) is 0.760. The fourth-order valence-electron chi connectivity index (χ4n) is 3.39. The van der Waals surface area contributed by atoms with E-state index < -0.39 is 0 Å². The maximum absolute atomic E-state index is 11.6. The Morgan fingerprint density at radius 1 is 1.26 bits per heavy atom. The maximum Gasteiger partial charge on any atom is 0.316 e. The van der Waals surface area contributed by atoms with Crippen LogP contribution in [0.15, 0.2) is 12.4 Å². The van der Waals surface area contributed by atoms with Crippen molar-refractivity contribution in [3.63, 3.8) is 0 Å². The zero-order chi connectivity index (χ0) is 16.2. The first-order valence-electron chi connectivity index (χ1n) is 8.58. The zero-order valence-electron chi connectivity index (χ0n) is 14.1. The normalized spacial score (nSPS) is 23.5. The standard InChI is InChI=1S/C17H26N4O2/c1-3-13-9-18-17(19-10-13)23-15-4-6-21(7-5-15)12-14-8-16(22)20(2)11-14/h9-10,14-15H,3-8,11-12H2,1-2H3. The molecular formula is C17H26N4O2. The van der Waals surface area contributed by atoms with Gasteiger partial charge in [-0.25, -0.2) is 9.97 Å². The number of ether oxygens (including phenoxy) is 1. The second-order valence-corrected chi connectivity index (χ2v) is 6.69. The Bertz CT molecular complexity index is 526. The number of carbonyl (C=O) groups excluding carboxylic acids is 1. The maximum atomic E-state index is 11.6. The van der Waals surface area contributed by atoms with Crippen LogP contribution in [0.4, 0.5) is 0 Å². The first-order chi connectivity index (χ1) is 11.1. The average Bonchev–Trinajstić information content (AvgIpc) is 2.88. The summed E-state index contributed by atoms with van der Waals surface area (Å²) in [5, 5.41) is 0. The van der Waals surface area contributed by atoms with E-state index in [9.17, 15) is 4.79 Å². The molecule has 2 aliphatic rings. The van der Waals surface area contributed by atoms with Crippen LogP contribution in [0.2, 0.25) is 0 Å². The third-order valence-electron chi connectivity index (χ3n) is 4.83. The molecule has 2 fully saturated rings. The van der Waals surface area contributed by atoms with Gasteiger partial charge in [0.2, 0.25) is 5.91 Å². The third-order valence-corrected chi connectivity index (χ3v) is 4.83. The summed E-state index contributed by atoms with van der Waals surface area (Å²) in [5.41, 5.74) is 1.13. The molecule has 0 radical (unpaired) electrons. The molecule has 23 heavy (non-hydrogen) atoms. The Morgan fingerprint density at radius 2 is 1.96 bits per heavy atom. The van der Waals surface area contributed by atoms with E-state index in [2.05, 4.69) is 21.8 Å². The van der Waals surface area contributed by atoms with Crippen molar-refractivity contribution in [1.29, 1.82) is 0 Å². The van der Waals surface area contributed by atoms with E-state index in [4.69, 9.17) is 4.74 Å². The number of aromatic nitrogens is 2. The Kier molecular flexibility index (Phi) is 5.10. The van der Waals surface area contributed by atoms with Gasteiger partial charge in [0.25, 0.3) is 0 Å². The predicted molar refractivity (Wildman–Crippen MR) is 87.2 cm³/mol. The molecule has 3 rings (SSSR count). The van der Waals surface area contributed by atoms with Crippen molar-refractivity contribution in [2.75, 3.05) is 33.2 Å². The summed E-state index contributed by atoms with van der Waals surface area (Å²) < 4.78 is 5.90. The van der Waals surface area contributed by atoms with Crippen molar-refractivity contribution in [3.05, 3.63) is 18.0 Å². The third kappa shape index (κ3) is 4.19. The van der Waals surface area contributed by atoms with Crippen LogP contribution in [0.5, 0.6) is 6.01 Å². The summed E-state index contributed by atoms with van der Waals surface area (Å²) in [6.45, 7) is 6.04. The number of hydrogen-bond donors (Lipinski definition) is 0. The minimum atomic E-state index is 0.201. The quantitative estimate of drug-likeness (QED) is 0.820. The second kappa shape index (κ2) is 7.25. The number of carbonyl (C=O) groups is 1. The van der Waals surface area contributed by atoms with E-state index in [1.54, 1.807) is 0 Å². The molecule has 1 atom stereocenters. The molecule has 1 amide bonds. The van der Waals surface area contributed by atoms with Gasteiger partial charge in [0.05, 0.1) is 0 Å². The number of aryl methyl sites for hydroxylation is 1. The van der Waals surface area contributed by atoms with Crippen LogP contribution in [-0.2, 0) is 11.2 Å². The lowest BCUT2D eigenvalue weighted by Crippen LogP contribution is -2.41. The summed E-state index contributed by atoms with van der Waals surface area (Å²) in [6, 6.07) is 0.490. The zero-order valence-corrected chi connectivity index (χ0v) is 14.1. The van der Waals surface area contributed by atoms with Crippen molar-refractivity contribution in [3.8, 4) is 6.01 Å². The van der Waals surface area contributed by atoms with Crippen LogP contribution in [-0.4, -0.2) is 65.0 Å². The highest BCUT2D eigenvalue weighted by atomic mass is 16.5. The van der Waals surface area contributed by atoms with Gasteiger partial charge in [0.1, 0.15) is 6.10 Å². The van der Waals surface area contributed by atoms with Crippen LogP contribution >= 0.6 is 0 Å². The highest BCUT2D eigenvalue weighted by Gasteiger charge is 2.30. The van der Waals surface area contributed by atoms with E-state index in [1.807, 2.05) is 24.3 Å². The van der Waals surface area contributed by atoms with Gasteiger partial charge in [-0.2, -0.15) is 0 Å². The second-order valence-electron chi connectivity index (χ2n) is 6.69. The van der Waals surface area contributed by atoms with Gasteiger partial charge in [0, 0.05) is 52.0 Å². The van der Waals surface area contributed by atoms with Gasteiger partial charge in [-0.1, -0.05) is 6.92 Å². The lowest BCUT2D eigenvalue weighted by Gasteiger charge is -2.32. The molecular weight excluding hydrogens is 292 g/mol. The first-order valence-corrected chi connectivity index (χ1v) is 8.58. The molecule has 3 heterocycles. The average molecular weight is 318 g/mol. The van der Waals surface area contributed by atoms with Gasteiger partial charge in [-0.15, -0.1) is 0 Å². The van der Waals surface area contributed by atoms with Gasteiger partial charge >= 0.3 is 6.01 Å². The van der Waals surface area contributed by atoms with E-state index in [0.717, 1.165) is 51.0 Å². The molecule has 1 aromatic heterocycles. The van der Waals surface area contributed by atoms with E-state index in [1.165, 1.54) is 0 Å². The molecule has 6 heteroatoms. The van der Waals surface area contributed by atoms with Gasteiger partial charge in [0.15, 0.2) is 0 Å². The number of nitrogens with zero attached hydrogens (tertiary/aromatic N) is 4. The number of amides is 1. The van der Waals surface area contributed by atoms with Crippen LogP contribution in [0.3, 0.4) is 0 Å². The summed E-state index contributed by atoms with van der Waals surface area (Å²) in [6.07, 6.45) is 7.51. The van der Waals surface area contributed by atoms with E-state index >= 15 is 0 Å². The minimum Gasteiger partial charge on any atom is -0.460 e.